The summed E-state index contributed by atoms with van der Waals surface area (Å²) in [4.78, 5) is 11.9. The second-order valence-electron chi connectivity index (χ2n) is 10.4. The van der Waals surface area contributed by atoms with Crippen molar-refractivity contribution >= 4 is 6.09 Å². The van der Waals surface area contributed by atoms with Gasteiger partial charge in [0, 0.05) is 18.7 Å². The van der Waals surface area contributed by atoms with Crippen molar-refractivity contribution in [1.29, 1.82) is 0 Å². The van der Waals surface area contributed by atoms with E-state index < -0.39 is 43.1 Å². The lowest BCUT2D eigenvalue weighted by molar-refractivity contribution is -0.367. The number of unbranched alkanes of at least 4 members (excludes halogenated alkanes) is 2. The zero-order valence-electron chi connectivity index (χ0n) is 23.6. The van der Waals surface area contributed by atoms with Gasteiger partial charge in [-0.15, -0.1) is 0 Å². The molecule has 0 unspecified atom stereocenters. The van der Waals surface area contributed by atoms with Crippen molar-refractivity contribution in [3.8, 4) is 0 Å². The predicted octanol–water partition coefficient (Wildman–Crippen LogP) is 4.89. The van der Waals surface area contributed by atoms with Crippen LogP contribution in [0.15, 0.2) is 91.0 Å². The van der Waals surface area contributed by atoms with Crippen molar-refractivity contribution in [2.45, 2.75) is 69.5 Å². The number of hydrogen-bond donors (Lipinski definition) is 2. The Morgan fingerprint density at radius 3 is 2.19 bits per heavy atom. The Morgan fingerprint density at radius 2 is 1.48 bits per heavy atom. The lowest BCUT2D eigenvalue weighted by Gasteiger charge is -2.47. The van der Waals surface area contributed by atoms with Crippen molar-refractivity contribution in [2.24, 2.45) is 0 Å². The molecule has 2 N–H and O–H groups in total. The number of rotatable bonds is 13. The molecule has 0 aromatic heterocycles. The highest BCUT2D eigenvalue weighted by Gasteiger charge is 2.50. The van der Waals surface area contributed by atoms with Crippen LogP contribution in [0.2, 0.25) is 0 Å². The highest BCUT2D eigenvalue weighted by molar-refractivity contribution is 5.67. The standard InChI is InChI=1S/C33H39NO8/c35-28-29-27(23-39-31(42-29)26-17-9-3-10-18-26)41-32(30(28)38-21-24-13-5-1-6-14-24)37-20-12-4-11-19-34-33(36)40-22-25-15-7-2-8-16-25/h1-3,5-10,13-18,27-32,35H,4,11-12,19-23H2,(H,34,36)/t27-,28+,29-,30-,31-,32-/m1/s1. The van der Waals surface area contributed by atoms with Gasteiger partial charge in [0.1, 0.15) is 31.0 Å². The first-order valence-electron chi connectivity index (χ1n) is 14.5. The molecule has 5 rings (SSSR count). The van der Waals surface area contributed by atoms with Gasteiger partial charge in [0.05, 0.1) is 13.2 Å². The number of ether oxygens (including phenoxy) is 6. The average Bonchev–Trinajstić information content (AvgIpc) is 3.04. The number of aliphatic hydroxyl groups excluding tert-OH is 1. The molecule has 2 heterocycles. The number of nitrogens with one attached hydrogen (secondary N) is 1. The Labute approximate surface area is 246 Å². The minimum absolute atomic E-state index is 0.242. The van der Waals surface area contributed by atoms with Crippen molar-refractivity contribution in [1.82, 2.24) is 5.32 Å². The molecule has 2 fully saturated rings. The molecule has 0 radical (unpaired) electrons. The average molecular weight is 578 g/mol. The van der Waals surface area contributed by atoms with Gasteiger partial charge >= 0.3 is 6.09 Å². The third-order valence-electron chi connectivity index (χ3n) is 7.25. The number of hydrogen-bond acceptors (Lipinski definition) is 8. The summed E-state index contributed by atoms with van der Waals surface area (Å²) in [6.45, 7) is 1.72. The molecule has 0 bridgehead atoms. The van der Waals surface area contributed by atoms with Crippen LogP contribution in [0.25, 0.3) is 0 Å². The Bertz CT molecular complexity index is 1200. The minimum atomic E-state index is -0.973. The maximum Gasteiger partial charge on any atom is 0.407 e. The van der Waals surface area contributed by atoms with Gasteiger partial charge in [0.2, 0.25) is 0 Å². The van der Waals surface area contributed by atoms with Crippen LogP contribution in [0.3, 0.4) is 0 Å². The molecule has 0 saturated carbocycles. The van der Waals surface area contributed by atoms with Gasteiger partial charge in [0.25, 0.3) is 0 Å². The molecule has 224 valence electrons. The molecule has 0 aliphatic carbocycles. The van der Waals surface area contributed by atoms with E-state index in [2.05, 4.69) is 5.32 Å². The summed E-state index contributed by atoms with van der Waals surface area (Å²) >= 11 is 0. The molecular weight excluding hydrogens is 538 g/mol. The van der Waals surface area contributed by atoms with E-state index in [1.807, 2.05) is 91.0 Å². The number of amides is 1. The number of aliphatic hydroxyl groups is 1. The molecular formula is C33H39NO8. The first kappa shape index (κ1) is 30.2. The SMILES string of the molecule is O=C(NCCCCCO[C@@H]1O[C@@H]2CO[C@@H](c3ccccc3)O[C@H]2[C@H](O)[C@H]1OCc1ccccc1)OCc1ccccc1. The molecule has 3 aromatic rings. The molecule has 2 aliphatic heterocycles. The number of fused-ring (bicyclic) bond motifs is 1. The quantitative estimate of drug-likeness (QED) is 0.277. The number of alkyl carbamates (subject to hydrolysis) is 1. The second kappa shape index (κ2) is 15.8. The second-order valence-corrected chi connectivity index (χ2v) is 10.4. The van der Waals surface area contributed by atoms with Crippen LogP contribution >= 0.6 is 0 Å². The maximum absolute atomic E-state index is 11.9. The highest BCUT2D eigenvalue weighted by Crippen LogP contribution is 2.35. The van der Waals surface area contributed by atoms with Gasteiger partial charge in [-0.2, -0.15) is 0 Å². The molecule has 9 heteroatoms. The van der Waals surface area contributed by atoms with Gasteiger partial charge in [0.15, 0.2) is 12.6 Å². The summed E-state index contributed by atoms with van der Waals surface area (Å²) < 4.78 is 35.9. The third-order valence-corrected chi connectivity index (χ3v) is 7.25. The lowest BCUT2D eigenvalue weighted by Crippen LogP contribution is -2.62. The van der Waals surface area contributed by atoms with Gasteiger partial charge in [-0.05, 0) is 30.4 Å². The Kier molecular flexibility index (Phi) is 11.3. The fraction of sp³-hybridized carbons (Fsp3) is 0.424. The molecule has 6 atom stereocenters. The molecule has 3 aromatic carbocycles. The van der Waals surface area contributed by atoms with Crippen molar-refractivity contribution in [3.63, 3.8) is 0 Å². The van der Waals surface area contributed by atoms with E-state index in [0.29, 0.717) is 19.8 Å². The van der Waals surface area contributed by atoms with E-state index in [4.69, 9.17) is 28.4 Å². The van der Waals surface area contributed by atoms with Gasteiger partial charge in [-0.3, -0.25) is 0 Å². The van der Waals surface area contributed by atoms with E-state index in [9.17, 15) is 9.90 Å². The Morgan fingerprint density at radius 1 is 0.810 bits per heavy atom. The van der Waals surface area contributed by atoms with Crippen LogP contribution < -0.4 is 5.32 Å². The van der Waals surface area contributed by atoms with Crippen LogP contribution in [-0.4, -0.2) is 61.7 Å². The largest absolute Gasteiger partial charge is 0.445 e. The zero-order valence-corrected chi connectivity index (χ0v) is 23.6. The van der Waals surface area contributed by atoms with E-state index in [1.165, 1.54) is 0 Å². The third kappa shape index (κ3) is 8.61. The van der Waals surface area contributed by atoms with Crippen molar-refractivity contribution < 1.29 is 38.3 Å². The van der Waals surface area contributed by atoms with Gasteiger partial charge in [-0.25, -0.2) is 4.79 Å². The molecule has 2 saturated heterocycles. The number of carbonyl (C=O) groups excluding carboxylic acids is 1. The topological polar surface area (TPSA) is 105 Å². The Hall–Kier alpha value is -3.31. The summed E-state index contributed by atoms with van der Waals surface area (Å²) in [5.41, 5.74) is 2.80. The summed E-state index contributed by atoms with van der Waals surface area (Å²) in [6, 6.07) is 29.0. The monoisotopic (exact) mass is 577 g/mol. The molecule has 9 nitrogen and oxygen atoms in total. The van der Waals surface area contributed by atoms with Gasteiger partial charge < -0.3 is 38.8 Å². The molecule has 0 spiro atoms. The van der Waals surface area contributed by atoms with Crippen LogP contribution in [0.5, 0.6) is 0 Å². The van der Waals surface area contributed by atoms with E-state index in [0.717, 1.165) is 36.0 Å². The molecule has 2 aliphatic rings. The van der Waals surface area contributed by atoms with Crippen LogP contribution in [0.4, 0.5) is 4.79 Å². The lowest BCUT2D eigenvalue weighted by atomic mass is 9.97. The predicted molar refractivity (Wildman–Crippen MR) is 154 cm³/mol. The Balaban J connectivity index is 1.08. The minimum Gasteiger partial charge on any atom is -0.445 e. The van der Waals surface area contributed by atoms with Crippen molar-refractivity contribution in [2.75, 3.05) is 19.8 Å². The van der Waals surface area contributed by atoms with Crippen molar-refractivity contribution in [3.05, 3.63) is 108 Å². The summed E-state index contributed by atoms with van der Waals surface area (Å²) in [5.74, 6) is 0. The van der Waals surface area contributed by atoms with Crippen LogP contribution in [-0.2, 0) is 41.6 Å². The smallest absolute Gasteiger partial charge is 0.407 e. The van der Waals surface area contributed by atoms with Crippen LogP contribution in [0, 0.1) is 0 Å². The van der Waals surface area contributed by atoms with Crippen LogP contribution in [0.1, 0.15) is 42.2 Å². The molecule has 1 amide bonds. The zero-order chi connectivity index (χ0) is 29.0. The fourth-order valence-electron chi connectivity index (χ4n) is 4.99. The maximum atomic E-state index is 11.9. The van der Waals surface area contributed by atoms with E-state index in [-0.39, 0.29) is 13.2 Å². The van der Waals surface area contributed by atoms with E-state index in [1.54, 1.807) is 0 Å². The van der Waals surface area contributed by atoms with E-state index >= 15 is 0 Å². The normalized spacial score (nSPS) is 25.4. The summed E-state index contributed by atoms with van der Waals surface area (Å²) in [5, 5.41) is 14.2. The van der Waals surface area contributed by atoms with Gasteiger partial charge in [-0.1, -0.05) is 91.0 Å². The first-order chi connectivity index (χ1) is 20.7. The fourth-order valence-corrected chi connectivity index (χ4v) is 4.99. The summed E-state index contributed by atoms with van der Waals surface area (Å²) in [6.07, 6.45) is -2.29. The highest BCUT2D eigenvalue weighted by atomic mass is 16.8. The first-order valence-corrected chi connectivity index (χ1v) is 14.5. The number of benzene rings is 3. The number of carbonyl (C=O) groups is 1. The molecule has 42 heavy (non-hydrogen) atoms. The summed E-state index contributed by atoms with van der Waals surface area (Å²) in [7, 11) is 0.